The van der Waals surface area contributed by atoms with Crippen molar-refractivity contribution in [3.8, 4) is 16.9 Å². The topological polar surface area (TPSA) is 73.0 Å². The van der Waals surface area contributed by atoms with E-state index in [2.05, 4.69) is 16.7 Å². The predicted octanol–water partition coefficient (Wildman–Crippen LogP) is 6.97. The van der Waals surface area contributed by atoms with Gasteiger partial charge in [0.05, 0.1) is 11.1 Å². The van der Waals surface area contributed by atoms with E-state index in [1.54, 1.807) is 30.0 Å². The lowest BCUT2D eigenvalue weighted by atomic mass is 9.88. The molecule has 1 amide bonds. The van der Waals surface area contributed by atoms with Gasteiger partial charge in [-0.25, -0.2) is 4.39 Å². The van der Waals surface area contributed by atoms with Crippen LogP contribution in [0.5, 0.6) is 5.75 Å². The van der Waals surface area contributed by atoms with Gasteiger partial charge in [-0.3, -0.25) is 9.69 Å². The second kappa shape index (κ2) is 16.7. The minimum atomic E-state index is -0.485. The van der Waals surface area contributed by atoms with E-state index >= 15 is 0 Å². The van der Waals surface area contributed by atoms with Crippen LogP contribution in [-0.4, -0.2) is 83.3 Å². The Hall–Kier alpha value is -2.04. The molecule has 6 nitrogen and oxygen atoms in total. The number of phenolic OH excluding ortho intramolecular Hbond substituents is 1. The maximum Gasteiger partial charge on any atom is 0.239 e. The van der Waals surface area contributed by atoms with Crippen LogP contribution in [0.1, 0.15) is 30.9 Å². The smallest absolute Gasteiger partial charge is 0.239 e. The fraction of sp³-hybridized carbons (Fsp3) is 0.441. The van der Waals surface area contributed by atoms with Crippen LogP contribution in [0.2, 0.25) is 10.0 Å². The van der Waals surface area contributed by atoms with Gasteiger partial charge in [-0.15, -0.1) is 24.2 Å². The minimum Gasteiger partial charge on any atom is -0.506 e. The van der Waals surface area contributed by atoms with Crippen molar-refractivity contribution in [2.24, 2.45) is 11.7 Å². The highest BCUT2D eigenvalue weighted by molar-refractivity contribution is 7.99. The number of carbonyl (C=O) groups excluding carboxylic acids is 1. The third kappa shape index (κ3) is 9.07. The number of aromatic hydroxyl groups is 1. The Labute approximate surface area is 286 Å². The number of hydrogen-bond acceptors (Lipinski definition) is 6. The lowest BCUT2D eigenvalue weighted by Crippen LogP contribution is -2.55. The molecule has 0 aromatic heterocycles. The fourth-order valence-electron chi connectivity index (χ4n) is 6.30. The molecule has 0 radical (unpaired) electrons. The van der Waals surface area contributed by atoms with Crippen molar-refractivity contribution >= 4 is 53.3 Å². The Morgan fingerprint density at radius 1 is 0.978 bits per heavy atom. The second-order valence-electron chi connectivity index (χ2n) is 11.7. The van der Waals surface area contributed by atoms with Crippen LogP contribution < -0.4 is 5.73 Å². The Morgan fingerprint density at radius 2 is 1.71 bits per heavy atom. The second-order valence-corrected chi connectivity index (χ2v) is 13.8. The number of thioether (sulfide) groups is 1. The van der Waals surface area contributed by atoms with E-state index in [4.69, 9.17) is 28.9 Å². The van der Waals surface area contributed by atoms with E-state index in [-0.39, 0.29) is 35.8 Å². The third-order valence-electron chi connectivity index (χ3n) is 8.87. The molecule has 11 heteroatoms. The molecule has 2 aliphatic heterocycles. The summed E-state index contributed by atoms with van der Waals surface area (Å²) >= 11 is 14.4. The monoisotopic (exact) mass is 694 g/mol. The Kier molecular flexibility index (Phi) is 13.3. The molecule has 2 aliphatic rings. The number of amides is 1. The van der Waals surface area contributed by atoms with E-state index in [1.165, 1.54) is 6.07 Å². The van der Waals surface area contributed by atoms with Gasteiger partial charge in [0.1, 0.15) is 11.6 Å². The van der Waals surface area contributed by atoms with E-state index in [9.17, 15) is 14.3 Å². The highest BCUT2D eigenvalue weighted by atomic mass is 35.5. The number of carbonyl (C=O) groups is 1. The average Bonchev–Trinajstić information content (AvgIpc) is 3.03. The third-order valence-corrected chi connectivity index (χ3v) is 10.5. The molecule has 3 N–H and O–H groups in total. The van der Waals surface area contributed by atoms with Crippen LogP contribution in [0, 0.1) is 11.7 Å². The molecule has 0 saturated carbocycles. The zero-order chi connectivity index (χ0) is 31.2. The van der Waals surface area contributed by atoms with Crippen molar-refractivity contribution in [3.05, 3.63) is 81.6 Å². The standard InChI is InChI=1S/C34H41Cl2FN4O2S.ClH/c1-2-44-31-21-27(37)8-6-25(31)22-40-16-18-41(19-17-40)34(43)33(38)23-10-13-39(14-11-23)15-12-24-20-26(35)7-9-28(24)29-4-3-5-30(42)32(29)36;/h3-9,20-21,23,33,42H,2,10-19,22,38H2,1H3;1H. The zero-order valence-electron chi connectivity index (χ0n) is 25.6. The predicted molar refractivity (Wildman–Crippen MR) is 186 cm³/mol. The molecule has 2 fully saturated rings. The van der Waals surface area contributed by atoms with Crippen LogP contribution in [-0.2, 0) is 17.8 Å². The number of nitrogens with zero attached hydrogens (tertiary/aromatic N) is 3. The summed E-state index contributed by atoms with van der Waals surface area (Å²) in [5, 5.41) is 11.1. The van der Waals surface area contributed by atoms with Gasteiger partial charge in [0, 0.05) is 54.8 Å². The van der Waals surface area contributed by atoms with Gasteiger partial charge < -0.3 is 20.6 Å². The van der Waals surface area contributed by atoms with Crippen molar-refractivity contribution in [1.82, 2.24) is 14.7 Å². The summed E-state index contributed by atoms with van der Waals surface area (Å²) < 4.78 is 13.8. The molecule has 0 spiro atoms. The SMILES string of the molecule is CCSc1cc(F)ccc1CN1CCN(C(=O)C(N)C2CCN(CCc3cc(Cl)ccc3-c3cccc(O)c3Cl)CC2)CC1.Cl. The van der Waals surface area contributed by atoms with E-state index in [1.807, 2.05) is 35.2 Å². The largest absolute Gasteiger partial charge is 0.506 e. The van der Waals surface area contributed by atoms with Gasteiger partial charge in [-0.05, 0) is 91.0 Å². The highest BCUT2D eigenvalue weighted by Crippen LogP contribution is 2.37. The number of rotatable bonds is 10. The van der Waals surface area contributed by atoms with Gasteiger partial charge in [0.2, 0.25) is 5.91 Å². The normalized spacial score (nSPS) is 17.2. The van der Waals surface area contributed by atoms with Crippen LogP contribution >= 0.6 is 47.4 Å². The number of phenols is 1. The number of benzene rings is 3. The average molecular weight is 696 g/mol. The van der Waals surface area contributed by atoms with Crippen LogP contribution in [0.25, 0.3) is 11.1 Å². The molecule has 45 heavy (non-hydrogen) atoms. The van der Waals surface area contributed by atoms with E-state index in [0.29, 0.717) is 23.1 Å². The summed E-state index contributed by atoms with van der Waals surface area (Å²) in [5.41, 5.74) is 10.6. The lowest BCUT2D eigenvalue weighted by Gasteiger charge is -2.39. The summed E-state index contributed by atoms with van der Waals surface area (Å²) in [6, 6.07) is 15.6. The molecule has 244 valence electrons. The van der Waals surface area contributed by atoms with Gasteiger partial charge in [-0.2, -0.15) is 0 Å². The Balaban J connectivity index is 0.00000461. The molecular weight excluding hydrogens is 654 g/mol. The molecule has 3 aromatic carbocycles. The van der Waals surface area contributed by atoms with Crippen molar-refractivity contribution in [1.29, 1.82) is 0 Å². The molecule has 2 heterocycles. The van der Waals surface area contributed by atoms with Crippen molar-refractivity contribution in [3.63, 3.8) is 0 Å². The number of piperidine rings is 1. The Bertz CT molecular complexity index is 1450. The summed E-state index contributed by atoms with van der Waals surface area (Å²) in [6.07, 6.45) is 2.56. The first-order chi connectivity index (χ1) is 21.2. The molecule has 1 atom stereocenters. The fourth-order valence-corrected chi connectivity index (χ4v) is 7.55. The molecule has 0 aliphatic carbocycles. The van der Waals surface area contributed by atoms with Crippen molar-refractivity contribution < 1.29 is 14.3 Å². The van der Waals surface area contributed by atoms with Crippen molar-refractivity contribution in [2.75, 3.05) is 51.6 Å². The number of nitrogens with two attached hydrogens (primary N) is 1. The molecule has 5 rings (SSSR count). The Morgan fingerprint density at radius 3 is 2.42 bits per heavy atom. The molecular formula is C34H42Cl3FN4O2S. The highest BCUT2D eigenvalue weighted by Gasteiger charge is 2.33. The summed E-state index contributed by atoms with van der Waals surface area (Å²) in [4.78, 5) is 21.0. The van der Waals surface area contributed by atoms with Gasteiger partial charge in [0.15, 0.2) is 0 Å². The van der Waals surface area contributed by atoms with Crippen molar-refractivity contribution in [2.45, 2.75) is 43.7 Å². The number of hydrogen-bond donors (Lipinski definition) is 2. The maximum atomic E-state index is 13.8. The van der Waals surface area contributed by atoms with Gasteiger partial charge >= 0.3 is 0 Å². The van der Waals surface area contributed by atoms with Gasteiger partial charge in [0.25, 0.3) is 0 Å². The van der Waals surface area contributed by atoms with Crippen LogP contribution in [0.3, 0.4) is 0 Å². The molecule has 3 aromatic rings. The number of likely N-dealkylation sites (tertiary alicyclic amines) is 1. The lowest BCUT2D eigenvalue weighted by molar-refractivity contribution is -0.136. The quantitative estimate of drug-likeness (QED) is 0.224. The molecule has 1 unspecified atom stereocenters. The summed E-state index contributed by atoms with van der Waals surface area (Å²) in [7, 11) is 0. The van der Waals surface area contributed by atoms with E-state index < -0.39 is 6.04 Å². The molecule has 2 saturated heterocycles. The zero-order valence-corrected chi connectivity index (χ0v) is 28.7. The summed E-state index contributed by atoms with van der Waals surface area (Å²) in [5.74, 6) is 0.973. The minimum absolute atomic E-state index is 0. The number of piperazine rings is 1. The first-order valence-electron chi connectivity index (χ1n) is 15.4. The number of halogens is 4. The van der Waals surface area contributed by atoms with Gasteiger partial charge in [-0.1, -0.05) is 54.4 Å². The maximum absolute atomic E-state index is 13.8. The first kappa shape index (κ1) is 35.8. The van der Waals surface area contributed by atoms with Crippen LogP contribution in [0.15, 0.2) is 59.5 Å². The summed E-state index contributed by atoms with van der Waals surface area (Å²) in [6.45, 7) is 8.34. The first-order valence-corrected chi connectivity index (χ1v) is 17.1. The van der Waals surface area contributed by atoms with Crippen LogP contribution in [0.4, 0.5) is 4.39 Å². The molecule has 0 bridgehead atoms. The van der Waals surface area contributed by atoms with E-state index in [0.717, 1.165) is 91.4 Å².